The molecule has 160 valence electrons. The first-order valence-electron chi connectivity index (χ1n) is 10.0. The van der Waals surface area contributed by atoms with Crippen LogP contribution in [0.5, 0.6) is 11.5 Å². The minimum absolute atomic E-state index is 0.285. The molecule has 9 heteroatoms. The maximum atomic E-state index is 10.6. The predicted molar refractivity (Wildman–Crippen MR) is 99.5 cm³/mol. The maximum absolute atomic E-state index is 10.6. The van der Waals surface area contributed by atoms with Gasteiger partial charge in [0.2, 0.25) is 0 Å². The Bertz CT molecular complexity index is 810. The molecule has 1 saturated heterocycles. The lowest BCUT2D eigenvalue weighted by Gasteiger charge is -2.56. The average molecular weight is 414 g/mol. The van der Waals surface area contributed by atoms with Gasteiger partial charge in [0.1, 0.15) is 6.61 Å². The number of rotatable bonds is 0. The second kappa shape index (κ2) is 7.27. The van der Waals surface area contributed by atoms with E-state index >= 15 is 0 Å². The molecular formula is C20H25F3N2O4. The quantitative estimate of drug-likeness (QED) is 0.521. The Kier molecular flexibility index (Phi) is 5.04. The van der Waals surface area contributed by atoms with Crippen molar-refractivity contribution in [1.29, 1.82) is 0 Å². The van der Waals surface area contributed by atoms with Gasteiger partial charge in [0, 0.05) is 18.0 Å². The van der Waals surface area contributed by atoms with Gasteiger partial charge in [0.05, 0.1) is 5.69 Å². The summed E-state index contributed by atoms with van der Waals surface area (Å²) in [6.45, 7) is 2.58. The molecule has 0 radical (unpaired) electrons. The standard InChI is InChI=1S/C18H24N2O2.C2HF3O2/c21-15-10-13-11(16-17(15)22-8-7-20-16)9-14-12-3-1-2-4-18(12,13)5-6-19-14;3-2(4,5)1(6)7/h10,12,14,19-21H,1-9H2;(H,6,7)/t12-,14?,18+;/m1./s1. The first kappa shape index (κ1) is 20.1. The van der Waals surface area contributed by atoms with E-state index in [9.17, 15) is 18.3 Å². The van der Waals surface area contributed by atoms with Crippen LogP contribution in [0.1, 0.15) is 43.2 Å². The maximum Gasteiger partial charge on any atom is 0.490 e. The van der Waals surface area contributed by atoms with Gasteiger partial charge >= 0.3 is 12.1 Å². The van der Waals surface area contributed by atoms with E-state index in [2.05, 4.69) is 10.6 Å². The summed E-state index contributed by atoms with van der Waals surface area (Å²) >= 11 is 0. The number of piperidine rings is 1. The van der Waals surface area contributed by atoms with Crippen LogP contribution >= 0.6 is 0 Å². The Morgan fingerprint density at radius 3 is 2.72 bits per heavy atom. The van der Waals surface area contributed by atoms with Crippen molar-refractivity contribution in [2.24, 2.45) is 5.92 Å². The number of carbonyl (C=O) groups is 1. The second-order valence-electron chi connectivity index (χ2n) is 8.23. The zero-order valence-corrected chi connectivity index (χ0v) is 15.9. The summed E-state index contributed by atoms with van der Waals surface area (Å²) in [7, 11) is 0. The molecule has 1 saturated carbocycles. The number of carboxylic acid groups (broad SMARTS) is 1. The molecule has 2 bridgehead atoms. The summed E-state index contributed by atoms with van der Waals surface area (Å²) in [5, 5.41) is 24.9. The highest BCUT2D eigenvalue weighted by Crippen LogP contribution is 2.57. The van der Waals surface area contributed by atoms with Crippen molar-refractivity contribution in [3.05, 3.63) is 17.2 Å². The van der Waals surface area contributed by atoms with Crippen molar-refractivity contribution in [1.82, 2.24) is 5.32 Å². The van der Waals surface area contributed by atoms with Crippen LogP contribution in [0.15, 0.2) is 6.07 Å². The largest absolute Gasteiger partial charge is 0.504 e. The third kappa shape index (κ3) is 3.39. The van der Waals surface area contributed by atoms with Crippen LogP contribution in [0.2, 0.25) is 0 Å². The molecule has 2 aliphatic heterocycles. The van der Waals surface area contributed by atoms with Crippen molar-refractivity contribution >= 4 is 11.7 Å². The van der Waals surface area contributed by atoms with Gasteiger partial charge in [-0.1, -0.05) is 12.8 Å². The van der Waals surface area contributed by atoms with E-state index in [0.29, 0.717) is 24.1 Å². The van der Waals surface area contributed by atoms with E-state index in [1.807, 2.05) is 6.07 Å². The molecule has 0 aromatic heterocycles. The Balaban J connectivity index is 0.000000255. The number of phenols is 1. The molecule has 2 aliphatic carbocycles. The monoisotopic (exact) mass is 414 g/mol. The number of phenolic OH excluding ortho intramolecular Hbond substituents is 1. The van der Waals surface area contributed by atoms with Crippen LogP contribution in [0.4, 0.5) is 18.9 Å². The van der Waals surface area contributed by atoms with Gasteiger partial charge in [-0.15, -0.1) is 0 Å². The Morgan fingerprint density at radius 2 is 2.00 bits per heavy atom. The fourth-order valence-electron chi connectivity index (χ4n) is 5.70. The lowest BCUT2D eigenvalue weighted by molar-refractivity contribution is -0.192. The highest BCUT2D eigenvalue weighted by molar-refractivity contribution is 5.73. The molecule has 6 nitrogen and oxygen atoms in total. The van der Waals surface area contributed by atoms with Gasteiger partial charge in [-0.05, 0) is 55.3 Å². The highest BCUT2D eigenvalue weighted by Gasteiger charge is 2.52. The van der Waals surface area contributed by atoms with Crippen molar-refractivity contribution in [3.8, 4) is 11.5 Å². The van der Waals surface area contributed by atoms with Crippen LogP contribution in [-0.2, 0) is 16.6 Å². The number of hydrogen-bond donors (Lipinski definition) is 4. The first-order valence-corrected chi connectivity index (χ1v) is 10.0. The van der Waals surface area contributed by atoms with Crippen LogP contribution in [0.3, 0.4) is 0 Å². The number of fused-ring (bicyclic) bond motifs is 3. The number of ether oxygens (including phenoxy) is 1. The number of aliphatic carboxylic acids is 1. The predicted octanol–water partition coefficient (Wildman–Crippen LogP) is 3.18. The van der Waals surface area contributed by atoms with E-state index in [1.165, 1.54) is 43.2 Å². The summed E-state index contributed by atoms with van der Waals surface area (Å²) < 4.78 is 37.5. The van der Waals surface area contributed by atoms with Crippen LogP contribution in [-0.4, -0.2) is 48.1 Å². The van der Waals surface area contributed by atoms with E-state index in [0.717, 1.165) is 31.1 Å². The second-order valence-corrected chi connectivity index (χ2v) is 8.23. The zero-order valence-electron chi connectivity index (χ0n) is 15.9. The SMILES string of the molecule is O=C(O)C(F)(F)F.Oc1cc2c(c3c1OCCN3)CC1NCC[C@]23CCCC[C@H]13. The number of aromatic hydroxyl groups is 1. The van der Waals surface area contributed by atoms with Crippen LogP contribution in [0.25, 0.3) is 0 Å². The number of halogens is 3. The average Bonchev–Trinajstić information content (AvgIpc) is 2.69. The topological polar surface area (TPSA) is 90.8 Å². The van der Waals surface area contributed by atoms with Crippen molar-refractivity contribution < 1.29 is 32.9 Å². The van der Waals surface area contributed by atoms with E-state index < -0.39 is 12.1 Å². The molecule has 1 aromatic carbocycles. The molecule has 1 aromatic rings. The van der Waals surface area contributed by atoms with Gasteiger partial charge in [-0.3, -0.25) is 0 Å². The molecule has 2 heterocycles. The third-order valence-corrected chi connectivity index (χ3v) is 6.78. The minimum Gasteiger partial charge on any atom is -0.504 e. The zero-order chi connectivity index (χ0) is 20.8. The number of anilines is 1. The number of nitrogens with one attached hydrogen (secondary N) is 2. The van der Waals surface area contributed by atoms with Crippen molar-refractivity contribution in [3.63, 3.8) is 0 Å². The lowest BCUT2D eigenvalue weighted by atomic mass is 9.52. The molecular weight excluding hydrogens is 389 g/mol. The van der Waals surface area contributed by atoms with E-state index in [4.69, 9.17) is 14.6 Å². The minimum atomic E-state index is -5.08. The summed E-state index contributed by atoms with van der Waals surface area (Å²) in [6, 6.07) is 2.64. The number of hydrogen-bond acceptors (Lipinski definition) is 5. The van der Waals surface area contributed by atoms with Gasteiger partial charge in [-0.25, -0.2) is 4.79 Å². The van der Waals surface area contributed by atoms with Gasteiger partial charge < -0.3 is 25.6 Å². The highest BCUT2D eigenvalue weighted by atomic mass is 19.4. The smallest absolute Gasteiger partial charge is 0.490 e. The Hall–Kier alpha value is -2.16. The fraction of sp³-hybridized carbons (Fsp3) is 0.650. The number of carboxylic acids is 1. The molecule has 1 unspecified atom stereocenters. The number of alkyl halides is 3. The van der Waals surface area contributed by atoms with E-state index in [-0.39, 0.29) is 5.41 Å². The van der Waals surface area contributed by atoms with E-state index in [1.54, 1.807) is 0 Å². The molecule has 5 rings (SSSR count). The summed E-state index contributed by atoms with van der Waals surface area (Å²) in [5.41, 5.74) is 4.18. The van der Waals surface area contributed by atoms with Gasteiger partial charge in [0.15, 0.2) is 11.5 Å². The first-order chi connectivity index (χ1) is 13.7. The Morgan fingerprint density at radius 1 is 1.24 bits per heavy atom. The van der Waals surface area contributed by atoms with Gasteiger partial charge in [0.25, 0.3) is 0 Å². The Labute approximate surface area is 166 Å². The summed E-state index contributed by atoms with van der Waals surface area (Å²) in [4.78, 5) is 8.90. The summed E-state index contributed by atoms with van der Waals surface area (Å²) in [6.07, 6.45) is 2.49. The van der Waals surface area contributed by atoms with Crippen molar-refractivity contribution in [2.45, 2.75) is 56.2 Å². The van der Waals surface area contributed by atoms with Crippen LogP contribution in [0, 0.1) is 5.92 Å². The molecule has 4 N–H and O–H groups in total. The third-order valence-electron chi connectivity index (χ3n) is 6.78. The molecule has 0 amide bonds. The summed E-state index contributed by atoms with van der Waals surface area (Å²) in [5.74, 6) is -1.01. The van der Waals surface area contributed by atoms with Crippen LogP contribution < -0.4 is 15.4 Å². The number of benzene rings is 1. The molecule has 2 fully saturated rings. The molecule has 4 aliphatic rings. The molecule has 3 atom stereocenters. The molecule has 0 spiro atoms. The normalized spacial score (nSPS) is 29.6. The fourth-order valence-corrected chi connectivity index (χ4v) is 5.70. The molecule has 29 heavy (non-hydrogen) atoms. The lowest BCUT2D eigenvalue weighted by Crippen LogP contribution is -2.59. The van der Waals surface area contributed by atoms with Crippen molar-refractivity contribution in [2.75, 3.05) is 25.0 Å². The van der Waals surface area contributed by atoms with Gasteiger partial charge in [-0.2, -0.15) is 13.2 Å².